The van der Waals surface area contributed by atoms with Crippen molar-refractivity contribution in [2.24, 2.45) is 11.8 Å². The van der Waals surface area contributed by atoms with Crippen LogP contribution in [0.3, 0.4) is 0 Å². The minimum Gasteiger partial charge on any atom is -0.339 e. The Bertz CT molecular complexity index is 1490. The lowest BCUT2D eigenvalue weighted by Crippen LogP contribution is -2.40. The van der Waals surface area contributed by atoms with Crippen molar-refractivity contribution in [1.29, 1.82) is 5.26 Å². The van der Waals surface area contributed by atoms with Crippen LogP contribution in [0.4, 0.5) is 8.78 Å². The van der Waals surface area contributed by atoms with Gasteiger partial charge in [0.25, 0.3) is 5.91 Å². The number of likely N-dealkylation sites (tertiary alicyclic amines) is 2. The molecular weight excluding hydrogens is 538 g/mol. The largest absolute Gasteiger partial charge is 0.339 e. The Hall–Kier alpha value is -4.29. The van der Waals surface area contributed by atoms with Gasteiger partial charge in [0.15, 0.2) is 23.2 Å². The summed E-state index contributed by atoms with van der Waals surface area (Å²) in [7, 11) is 0. The number of pyridine rings is 1. The first-order valence-corrected chi connectivity index (χ1v) is 14.3. The summed E-state index contributed by atoms with van der Waals surface area (Å²) in [5.74, 6) is -2.61. The van der Waals surface area contributed by atoms with Gasteiger partial charge in [-0.2, -0.15) is 5.26 Å². The van der Waals surface area contributed by atoms with Gasteiger partial charge in [-0.1, -0.05) is 12.1 Å². The van der Waals surface area contributed by atoms with E-state index in [0.29, 0.717) is 49.2 Å². The first-order valence-electron chi connectivity index (χ1n) is 14.3. The highest BCUT2D eigenvalue weighted by molar-refractivity contribution is 5.99. The molecule has 0 atom stereocenters. The maximum Gasteiger partial charge on any atom is 0.255 e. The van der Waals surface area contributed by atoms with Crippen molar-refractivity contribution in [3.8, 4) is 6.07 Å². The van der Waals surface area contributed by atoms with E-state index in [4.69, 9.17) is 5.26 Å². The van der Waals surface area contributed by atoms with Gasteiger partial charge in [-0.25, -0.2) is 8.78 Å². The van der Waals surface area contributed by atoms with Crippen LogP contribution in [0.1, 0.15) is 74.4 Å². The molecule has 1 aromatic heterocycles. The highest BCUT2D eigenvalue weighted by Crippen LogP contribution is 2.25. The van der Waals surface area contributed by atoms with E-state index in [1.165, 1.54) is 17.8 Å². The highest BCUT2D eigenvalue weighted by Gasteiger charge is 2.29. The number of Topliss-reactive ketones (excluding diaryl/α,β-unsaturated/α-hetero) is 2. The van der Waals surface area contributed by atoms with Crippen molar-refractivity contribution in [3.63, 3.8) is 0 Å². The van der Waals surface area contributed by atoms with E-state index in [1.54, 1.807) is 17.0 Å². The number of piperidine rings is 2. The van der Waals surface area contributed by atoms with Crippen molar-refractivity contribution >= 4 is 17.5 Å². The number of nitriles is 1. The number of rotatable bonds is 8. The average molecular weight is 571 g/mol. The highest BCUT2D eigenvalue weighted by atomic mass is 19.2. The molecule has 5 rings (SSSR count). The van der Waals surface area contributed by atoms with Gasteiger partial charge in [-0.15, -0.1) is 0 Å². The number of aromatic nitrogens is 1. The molecular formula is C33H32F2N4O3. The fourth-order valence-electron chi connectivity index (χ4n) is 5.76. The second kappa shape index (κ2) is 13.1. The van der Waals surface area contributed by atoms with Gasteiger partial charge in [0.05, 0.1) is 17.2 Å². The van der Waals surface area contributed by atoms with E-state index >= 15 is 0 Å². The van der Waals surface area contributed by atoms with Crippen LogP contribution in [0.15, 0.2) is 60.8 Å². The number of ketones is 2. The van der Waals surface area contributed by atoms with Gasteiger partial charge < -0.3 is 4.90 Å². The van der Waals surface area contributed by atoms with Crippen LogP contribution in [0.5, 0.6) is 0 Å². The van der Waals surface area contributed by atoms with Crippen LogP contribution in [0, 0.1) is 34.8 Å². The molecule has 7 nitrogen and oxygen atoms in total. The molecule has 2 aliphatic heterocycles. The minimum absolute atomic E-state index is 0.0314. The first kappa shape index (κ1) is 29.2. The number of carbonyl (C=O) groups is 3. The van der Waals surface area contributed by atoms with Crippen molar-refractivity contribution < 1.29 is 23.2 Å². The molecule has 2 aliphatic rings. The van der Waals surface area contributed by atoms with Gasteiger partial charge in [0, 0.05) is 43.7 Å². The smallest absolute Gasteiger partial charge is 0.255 e. The van der Waals surface area contributed by atoms with E-state index in [0.717, 1.165) is 44.6 Å². The number of hydrogen-bond acceptors (Lipinski definition) is 6. The topological polar surface area (TPSA) is 94.4 Å². The van der Waals surface area contributed by atoms with E-state index in [2.05, 4.69) is 16.0 Å². The van der Waals surface area contributed by atoms with Crippen molar-refractivity contribution in [3.05, 3.63) is 100 Å². The molecule has 2 aromatic carbocycles. The Labute approximate surface area is 243 Å². The molecule has 0 spiro atoms. The number of carbonyl (C=O) groups excluding carboxylic acids is 3. The molecule has 3 aromatic rings. The van der Waals surface area contributed by atoms with Gasteiger partial charge in [-0.05, 0) is 92.7 Å². The summed E-state index contributed by atoms with van der Waals surface area (Å²) in [6, 6.07) is 16.2. The minimum atomic E-state index is -1.05. The van der Waals surface area contributed by atoms with Gasteiger partial charge >= 0.3 is 0 Å². The lowest BCUT2D eigenvalue weighted by atomic mass is 9.88. The molecule has 2 saturated heterocycles. The van der Waals surface area contributed by atoms with Crippen LogP contribution in [-0.4, -0.2) is 58.4 Å². The van der Waals surface area contributed by atoms with E-state index in [-0.39, 0.29) is 34.9 Å². The van der Waals surface area contributed by atoms with Gasteiger partial charge in [0.2, 0.25) is 0 Å². The summed E-state index contributed by atoms with van der Waals surface area (Å²) in [5.41, 5.74) is 2.69. The van der Waals surface area contributed by atoms with Crippen LogP contribution < -0.4 is 0 Å². The molecule has 9 heteroatoms. The normalized spacial score (nSPS) is 16.6. The zero-order valence-electron chi connectivity index (χ0n) is 23.3. The monoisotopic (exact) mass is 570 g/mol. The maximum atomic E-state index is 13.5. The molecule has 0 aliphatic carbocycles. The Kier molecular flexibility index (Phi) is 9.13. The Morgan fingerprint density at radius 3 is 2.17 bits per heavy atom. The number of nitrogens with zero attached hydrogens (tertiary/aromatic N) is 4. The third-order valence-electron chi connectivity index (χ3n) is 8.32. The molecule has 0 unspecified atom stereocenters. The predicted molar refractivity (Wildman–Crippen MR) is 152 cm³/mol. The summed E-state index contributed by atoms with van der Waals surface area (Å²) < 4.78 is 26.8. The summed E-state index contributed by atoms with van der Waals surface area (Å²) in [6.07, 6.45) is 4.57. The van der Waals surface area contributed by atoms with Crippen LogP contribution in [-0.2, 0) is 6.54 Å². The predicted octanol–water partition coefficient (Wildman–Crippen LogP) is 5.45. The zero-order valence-corrected chi connectivity index (χ0v) is 23.3. The Morgan fingerprint density at radius 2 is 1.55 bits per heavy atom. The van der Waals surface area contributed by atoms with E-state index in [9.17, 15) is 23.2 Å². The number of halogens is 2. The van der Waals surface area contributed by atoms with Crippen molar-refractivity contribution in [1.82, 2.24) is 14.8 Å². The average Bonchev–Trinajstić information content (AvgIpc) is 3.03. The Morgan fingerprint density at radius 1 is 0.857 bits per heavy atom. The quantitative estimate of drug-likeness (QED) is 0.334. The van der Waals surface area contributed by atoms with Crippen molar-refractivity contribution in [2.75, 3.05) is 26.2 Å². The maximum absolute atomic E-state index is 13.5. The molecule has 0 N–H and O–H groups in total. The van der Waals surface area contributed by atoms with E-state index < -0.39 is 11.6 Å². The van der Waals surface area contributed by atoms with Crippen LogP contribution in [0.2, 0.25) is 0 Å². The number of benzene rings is 2. The first-order chi connectivity index (χ1) is 20.3. The van der Waals surface area contributed by atoms with Crippen LogP contribution in [0.25, 0.3) is 0 Å². The third-order valence-corrected chi connectivity index (χ3v) is 8.32. The summed E-state index contributed by atoms with van der Waals surface area (Å²) in [4.78, 5) is 47.0. The van der Waals surface area contributed by atoms with E-state index in [1.807, 2.05) is 24.3 Å². The summed E-state index contributed by atoms with van der Waals surface area (Å²) >= 11 is 0. The second-order valence-electron chi connectivity index (χ2n) is 11.1. The molecule has 0 bridgehead atoms. The second-order valence-corrected chi connectivity index (χ2v) is 11.1. The third kappa shape index (κ3) is 6.94. The van der Waals surface area contributed by atoms with Gasteiger partial charge in [0.1, 0.15) is 5.69 Å². The lowest BCUT2D eigenvalue weighted by Gasteiger charge is -2.31. The zero-order chi connectivity index (χ0) is 29.6. The lowest BCUT2D eigenvalue weighted by molar-refractivity contribution is 0.0649. The standard InChI is InChI=1S/C33H32F2N4O3/c34-28-7-5-26(18-29(28)35)32(41)25-11-15-39(16-12-25)33(42)27-6-8-30(37-20-27)31(40)17-22-9-13-38(14-10-22)21-24-3-1-23(19-36)2-4-24/h1-8,18,20,22,25H,9-17,21H2. The molecule has 3 heterocycles. The van der Waals surface area contributed by atoms with Crippen LogP contribution >= 0.6 is 0 Å². The number of hydrogen-bond donors (Lipinski definition) is 0. The number of amides is 1. The Balaban J connectivity index is 1.07. The fraction of sp³-hybridized carbons (Fsp3) is 0.364. The molecule has 42 heavy (non-hydrogen) atoms. The molecule has 0 saturated carbocycles. The summed E-state index contributed by atoms with van der Waals surface area (Å²) in [6.45, 7) is 3.36. The van der Waals surface area contributed by atoms with Gasteiger partial charge in [-0.3, -0.25) is 24.3 Å². The fourth-order valence-corrected chi connectivity index (χ4v) is 5.76. The molecule has 0 radical (unpaired) electrons. The molecule has 1 amide bonds. The summed E-state index contributed by atoms with van der Waals surface area (Å²) in [5, 5.41) is 8.96. The molecule has 2 fully saturated rings. The SMILES string of the molecule is N#Cc1ccc(CN2CCC(CC(=O)c3ccc(C(=O)N4CCC(C(=O)c5ccc(F)c(F)c5)CC4)cn3)CC2)cc1. The van der Waals surface area contributed by atoms with Crippen molar-refractivity contribution in [2.45, 2.75) is 38.6 Å². The molecule has 216 valence electrons.